The van der Waals surface area contributed by atoms with Crippen LogP contribution >= 0.6 is 27.7 Å². The van der Waals surface area contributed by atoms with E-state index in [2.05, 4.69) is 31.4 Å². The number of rotatable bonds is 5. The van der Waals surface area contributed by atoms with Crippen LogP contribution in [0.5, 0.6) is 0 Å². The number of thioether (sulfide) groups is 1. The molecule has 0 aliphatic rings. The summed E-state index contributed by atoms with van der Waals surface area (Å²) in [6.07, 6.45) is 1.65. The summed E-state index contributed by atoms with van der Waals surface area (Å²) in [5.41, 5.74) is 2.93. The summed E-state index contributed by atoms with van der Waals surface area (Å²) in [5, 5.41) is 11.6. The van der Waals surface area contributed by atoms with Gasteiger partial charge in [0, 0.05) is 15.8 Å². The Hall–Kier alpha value is -2.12. The van der Waals surface area contributed by atoms with Crippen molar-refractivity contribution in [2.75, 3.05) is 11.1 Å². The van der Waals surface area contributed by atoms with Crippen LogP contribution in [0, 0.1) is 6.92 Å². The monoisotopic (exact) mass is 402 g/mol. The molecule has 0 saturated carbocycles. The van der Waals surface area contributed by atoms with Gasteiger partial charge in [-0.3, -0.25) is 9.36 Å². The smallest absolute Gasteiger partial charge is 0.234 e. The number of carbonyl (C=O) groups excluding carboxylic acids is 1. The van der Waals surface area contributed by atoms with Crippen molar-refractivity contribution in [1.82, 2.24) is 14.8 Å². The zero-order valence-electron chi connectivity index (χ0n) is 12.9. The van der Waals surface area contributed by atoms with E-state index in [1.54, 1.807) is 6.33 Å². The van der Waals surface area contributed by atoms with Crippen LogP contribution in [0.25, 0.3) is 5.69 Å². The van der Waals surface area contributed by atoms with Gasteiger partial charge in [-0.05, 0) is 43.3 Å². The minimum atomic E-state index is -0.0826. The van der Waals surface area contributed by atoms with Gasteiger partial charge in [0.25, 0.3) is 0 Å². The molecule has 2 aromatic carbocycles. The molecule has 0 fully saturated rings. The first kappa shape index (κ1) is 16.7. The van der Waals surface area contributed by atoms with E-state index in [0.29, 0.717) is 5.16 Å². The lowest BCUT2D eigenvalue weighted by atomic mass is 10.2. The maximum Gasteiger partial charge on any atom is 0.234 e. The van der Waals surface area contributed by atoms with Gasteiger partial charge in [-0.25, -0.2) is 0 Å². The molecule has 1 heterocycles. The van der Waals surface area contributed by atoms with Gasteiger partial charge >= 0.3 is 0 Å². The second kappa shape index (κ2) is 7.63. The van der Waals surface area contributed by atoms with Crippen LogP contribution < -0.4 is 5.32 Å². The van der Waals surface area contributed by atoms with Gasteiger partial charge in [0.05, 0.1) is 5.75 Å². The molecule has 122 valence electrons. The molecule has 1 aromatic heterocycles. The average Bonchev–Trinajstić information content (AvgIpc) is 3.04. The predicted molar refractivity (Wildman–Crippen MR) is 99.6 cm³/mol. The summed E-state index contributed by atoms with van der Waals surface area (Å²) >= 11 is 4.72. The lowest BCUT2D eigenvalue weighted by molar-refractivity contribution is -0.113. The Morgan fingerprint density at radius 2 is 1.88 bits per heavy atom. The quantitative estimate of drug-likeness (QED) is 0.653. The molecule has 1 N–H and O–H groups in total. The Morgan fingerprint density at radius 3 is 2.58 bits per heavy atom. The molecule has 0 radical (unpaired) electrons. The number of benzene rings is 2. The maximum absolute atomic E-state index is 12.1. The van der Waals surface area contributed by atoms with Gasteiger partial charge in [-0.1, -0.05) is 45.4 Å². The molecule has 0 aliphatic carbocycles. The summed E-state index contributed by atoms with van der Waals surface area (Å²) in [7, 11) is 0. The summed E-state index contributed by atoms with van der Waals surface area (Å²) < 4.78 is 2.85. The standard InChI is InChI=1S/C17H15BrN4OS/c1-12-2-8-15(9-3-12)22-11-19-21-17(22)24-10-16(23)20-14-6-4-13(18)5-7-14/h2-9,11H,10H2,1H3,(H,20,23). The van der Waals surface area contributed by atoms with E-state index in [1.807, 2.05) is 60.0 Å². The van der Waals surface area contributed by atoms with Gasteiger partial charge in [0.15, 0.2) is 5.16 Å². The van der Waals surface area contributed by atoms with Crippen LogP contribution in [-0.4, -0.2) is 26.4 Å². The fraction of sp³-hybridized carbons (Fsp3) is 0.118. The number of amides is 1. The van der Waals surface area contributed by atoms with Gasteiger partial charge in [-0.2, -0.15) is 0 Å². The number of hydrogen-bond donors (Lipinski definition) is 1. The lowest BCUT2D eigenvalue weighted by Crippen LogP contribution is -2.14. The normalized spacial score (nSPS) is 10.6. The molecule has 3 aromatic rings. The molecule has 7 heteroatoms. The zero-order chi connectivity index (χ0) is 16.9. The molecule has 0 unspecified atom stereocenters. The van der Waals surface area contributed by atoms with Crippen LogP contribution in [0.4, 0.5) is 5.69 Å². The van der Waals surface area contributed by atoms with Crippen LogP contribution in [-0.2, 0) is 4.79 Å². The molecule has 0 bridgehead atoms. The third-order valence-corrected chi connectivity index (χ3v) is 4.76. The molecule has 0 aliphatic heterocycles. The highest BCUT2D eigenvalue weighted by atomic mass is 79.9. The second-order valence-corrected chi connectivity index (χ2v) is 7.02. The Morgan fingerprint density at radius 1 is 1.17 bits per heavy atom. The van der Waals surface area contributed by atoms with Crippen molar-refractivity contribution in [3.05, 3.63) is 64.9 Å². The van der Waals surface area contributed by atoms with Crippen molar-refractivity contribution in [3.63, 3.8) is 0 Å². The molecule has 5 nitrogen and oxygen atoms in total. The molecule has 0 saturated heterocycles. The molecular formula is C17H15BrN4OS. The van der Waals surface area contributed by atoms with Gasteiger partial charge in [-0.15, -0.1) is 10.2 Å². The molecular weight excluding hydrogens is 388 g/mol. The number of aromatic nitrogens is 3. The topological polar surface area (TPSA) is 59.8 Å². The minimum absolute atomic E-state index is 0.0826. The highest BCUT2D eigenvalue weighted by Crippen LogP contribution is 2.20. The number of anilines is 1. The SMILES string of the molecule is Cc1ccc(-n2cnnc2SCC(=O)Nc2ccc(Br)cc2)cc1. The average molecular weight is 403 g/mol. The lowest BCUT2D eigenvalue weighted by Gasteiger charge is -2.07. The summed E-state index contributed by atoms with van der Waals surface area (Å²) in [6.45, 7) is 2.04. The van der Waals surface area contributed by atoms with E-state index < -0.39 is 0 Å². The first-order chi connectivity index (χ1) is 11.6. The van der Waals surface area contributed by atoms with Gasteiger partial charge in [0.2, 0.25) is 5.91 Å². The third-order valence-electron chi connectivity index (χ3n) is 3.29. The number of carbonyl (C=O) groups is 1. The molecule has 3 rings (SSSR count). The first-order valence-electron chi connectivity index (χ1n) is 7.27. The number of nitrogens with zero attached hydrogens (tertiary/aromatic N) is 3. The maximum atomic E-state index is 12.1. The predicted octanol–water partition coefficient (Wildman–Crippen LogP) is 4.07. The fourth-order valence-corrected chi connectivity index (χ4v) is 3.06. The third kappa shape index (κ3) is 4.24. The summed E-state index contributed by atoms with van der Waals surface area (Å²) in [4.78, 5) is 12.1. The van der Waals surface area contributed by atoms with Crippen molar-refractivity contribution in [1.29, 1.82) is 0 Å². The highest BCUT2D eigenvalue weighted by molar-refractivity contribution is 9.10. The number of nitrogens with one attached hydrogen (secondary N) is 1. The minimum Gasteiger partial charge on any atom is -0.325 e. The highest BCUT2D eigenvalue weighted by Gasteiger charge is 2.10. The van der Waals surface area contributed by atoms with Crippen LogP contribution in [0.15, 0.2) is 64.5 Å². The number of halogens is 1. The Kier molecular flexibility index (Phi) is 5.32. The van der Waals surface area contributed by atoms with E-state index in [9.17, 15) is 4.79 Å². The molecule has 0 atom stereocenters. The zero-order valence-corrected chi connectivity index (χ0v) is 15.3. The number of aryl methyl sites for hydroxylation is 1. The van der Waals surface area contributed by atoms with Gasteiger partial charge in [0.1, 0.15) is 6.33 Å². The Labute approximate surface area is 152 Å². The van der Waals surface area contributed by atoms with Crippen LogP contribution in [0.1, 0.15) is 5.56 Å². The van der Waals surface area contributed by atoms with Crippen molar-refractivity contribution < 1.29 is 4.79 Å². The van der Waals surface area contributed by atoms with Crippen molar-refractivity contribution in [2.24, 2.45) is 0 Å². The first-order valence-corrected chi connectivity index (χ1v) is 9.05. The van der Waals surface area contributed by atoms with Crippen molar-refractivity contribution in [3.8, 4) is 5.69 Å². The molecule has 0 spiro atoms. The van der Waals surface area contributed by atoms with E-state index in [4.69, 9.17) is 0 Å². The van der Waals surface area contributed by atoms with Crippen molar-refractivity contribution >= 4 is 39.3 Å². The summed E-state index contributed by atoms with van der Waals surface area (Å²) in [5.74, 6) is 0.182. The summed E-state index contributed by atoms with van der Waals surface area (Å²) in [6, 6.07) is 15.5. The Bertz CT molecular complexity index is 831. The Balaban J connectivity index is 1.63. The molecule has 1 amide bonds. The van der Waals surface area contributed by atoms with Gasteiger partial charge < -0.3 is 5.32 Å². The van der Waals surface area contributed by atoms with E-state index in [1.165, 1.54) is 17.3 Å². The van der Waals surface area contributed by atoms with E-state index in [0.717, 1.165) is 15.8 Å². The van der Waals surface area contributed by atoms with E-state index in [-0.39, 0.29) is 11.7 Å². The van der Waals surface area contributed by atoms with E-state index >= 15 is 0 Å². The number of hydrogen-bond acceptors (Lipinski definition) is 4. The fourth-order valence-electron chi connectivity index (χ4n) is 2.07. The largest absolute Gasteiger partial charge is 0.325 e. The van der Waals surface area contributed by atoms with Crippen LogP contribution in [0.3, 0.4) is 0 Å². The molecule has 24 heavy (non-hydrogen) atoms. The van der Waals surface area contributed by atoms with Crippen molar-refractivity contribution in [2.45, 2.75) is 12.1 Å². The second-order valence-electron chi connectivity index (χ2n) is 5.16. The van der Waals surface area contributed by atoms with Crippen LogP contribution in [0.2, 0.25) is 0 Å².